The lowest BCUT2D eigenvalue weighted by molar-refractivity contribution is 0.563. The molecule has 2 heterocycles. The summed E-state index contributed by atoms with van der Waals surface area (Å²) in [6.07, 6.45) is 3.04. The molecule has 2 aromatic rings. The number of fused-ring (bicyclic) bond motifs is 1. The zero-order valence-corrected chi connectivity index (χ0v) is 10.2. The molecular weight excluding hydrogens is 240 g/mol. The van der Waals surface area contributed by atoms with Crippen molar-refractivity contribution in [1.29, 1.82) is 0 Å². The molecule has 0 saturated carbocycles. The van der Waals surface area contributed by atoms with E-state index in [2.05, 4.69) is 14.7 Å². The van der Waals surface area contributed by atoms with Gasteiger partial charge >= 0.3 is 0 Å². The molecule has 4 N–H and O–H groups in total. The zero-order valence-electron chi connectivity index (χ0n) is 9.34. The Hall–Kier alpha value is -1.44. The Morgan fingerprint density at radius 2 is 2.35 bits per heavy atom. The number of aromatic nitrogens is 2. The number of pyridine rings is 1. The van der Waals surface area contributed by atoms with Crippen molar-refractivity contribution < 1.29 is 8.42 Å². The van der Waals surface area contributed by atoms with Crippen LogP contribution in [0.2, 0.25) is 0 Å². The van der Waals surface area contributed by atoms with E-state index in [1.165, 1.54) is 6.20 Å². The van der Waals surface area contributed by atoms with Crippen molar-refractivity contribution >= 4 is 21.1 Å². The van der Waals surface area contributed by atoms with Crippen LogP contribution < -0.4 is 10.5 Å². The molecule has 0 radical (unpaired) electrons. The highest BCUT2D eigenvalue weighted by Crippen LogP contribution is 2.20. The van der Waals surface area contributed by atoms with Gasteiger partial charge in [-0.15, -0.1) is 0 Å². The monoisotopic (exact) mass is 254 g/mol. The fourth-order valence-electron chi connectivity index (χ4n) is 1.53. The highest BCUT2D eigenvalue weighted by atomic mass is 32.2. The Bertz CT molecular complexity index is 620. The maximum Gasteiger partial charge on any atom is 0.243 e. The van der Waals surface area contributed by atoms with Crippen LogP contribution >= 0.6 is 0 Å². The van der Waals surface area contributed by atoms with E-state index >= 15 is 0 Å². The smallest absolute Gasteiger partial charge is 0.243 e. The number of H-pyrrole nitrogens is 1. The van der Waals surface area contributed by atoms with Crippen LogP contribution in [0.5, 0.6) is 0 Å². The van der Waals surface area contributed by atoms with E-state index in [0.717, 1.165) is 0 Å². The molecule has 6 nitrogen and oxygen atoms in total. The van der Waals surface area contributed by atoms with Crippen LogP contribution in [0.15, 0.2) is 29.4 Å². The quantitative estimate of drug-likeness (QED) is 0.725. The molecular formula is C10H14N4O2S. The van der Waals surface area contributed by atoms with Crippen molar-refractivity contribution in [2.45, 2.75) is 17.9 Å². The maximum absolute atomic E-state index is 12.1. The Morgan fingerprint density at radius 3 is 3.06 bits per heavy atom. The SMILES string of the molecule is C[C@H](CN)NS(=O)(=O)c1c[nH]c2ncccc12. The van der Waals surface area contributed by atoms with Crippen molar-refractivity contribution in [3.63, 3.8) is 0 Å². The summed E-state index contributed by atoms with van der Waals surface area (Å²) in [7, 11) is -3.56. The molecule has 0 aliphatic heterocycles. The summed E-state index contributed by atoms with van der Waals surface area (Å²) in [5.74, 6) is 0. The van der Waals surface area contributed by atoms with Crippen molar-refractivity contribution in [3.05, 3.63) is 24.5 Å². The van der Waals surface area contributed by atoms with Crippen LogP contribution in [-0.4, -0.2) is 31.0 Å². The molecule has 0 aliphatic carbocycles. The predicted octanol–water partition coefficient (Wildman–Crippen LogP) is 0.188. The first kappa shape index (κ1) is 12.0. The van der Waals surface area contributed by atoms with E-state index in [1.807, 2.05) is 0 Å². The van der Waals surface area contributed by atoms with Gasteiger partial charge in [-0.3, -0.25) is 0 Å². The summed E-state index contributed by atoms with van der Waals surface area (Å²) in [6.45, 7) is 1.96. The molecule has 0 amide bonds. The van der Waals surface area contributed by atoms with Gasteiger partial charge in [-0.2, -0.15) is 0 Å². The molecule has 17 heavy (non-hydrogen) atoms. The van der Waals surface area contributed by atoms with Gasteiger partial charge in [0.25, 0.3) is 0 Å². The molecule has 0 spiro atoms. The van der Waals surface area contributed by atoms with Crippen LogP contribution in [-0.2, 0) is 10.0 Å². The van der Waals surface area contributed by atoms with E-state index in [4.69, 9.17) is 5.73 Å². The summed E-state index contributed by atoms with van der Waals surface area (Å²) in [5.41, 5.74) is 5.95. The second kappa shape index (κ2) is 4.44. The first-order valence-corrected chi connectivity index (χ1v) is 6.67. The minimum Gasteiger partial charge on any atom is -0.345 e. The van der Waals surface area contributed by atoms with E-state index < -0.39 is 10.0 Å². The van der Waals surface area contributed by atoms with Crippen LogP contribution in [0.4, 0.5) is 0 Å². The van der Waals surface area contributed by atoms with Gasteiger partial charge in [0.05, 0.1) is 0 Å². The lowest BCUT2D eigenvalue weighted by atomic mass is 10.3. The molecule has 0 aromatic carbocycles. The minimum atomic E-state index is -3.56. The number of nitrogens with two attached hydrogens (primary N) is 1. The van der Waals surface area contributed by atoms with Crippen LogP contribution in [0.1, 0.15) is 6.92 Å². The molecule has 7 heteroatoms. The molecule has 0 saturated heterocycles. The highest BCUT2D eigenvalue weighted by molar-refractivity contribution is 7.89. The molecule has 2 rings (SSSR count). The normalized spacial score (nSPS) is 14.0. The second-order valence-corrected chi connectivity index (χ2v) is 5.49. The Morgan fingerprint density at radius 1 is 1.59 bits per heavy atom. The topological polar surface area (TPSA) is 101 Å². The lowest BCUT2D eigenvalue weighted by Crippen LogP contribution is -2.37. The number of sulfonamides is 1. The average molecular weight is 254 g/mol. The van der Waals surface area contributed by atoms with Gasteiger partial charge < -0.3 is 10.7 Å². The van der Waals surface area contributed by atoms with E-state index in [-0.39, 0.29) is 17.5 Å². The van der Waals surface area contributed by atoms with Crippen molar-refractivity contribution in [2.24, 2.45) is 5.73 Å². The number of nitrogens with one attached hydrogen (secondary N) is 2. The highest BCUT2D eigenvalue weighted by Gasteiger charge is 2.20. The molecule has 2 aromatic heterocycles. The number of nitrogens with zero attached hydrogens (tertiary/aromatic N) is 1. The molecule has 92 valence electrons. The summed E-state index contributed by atoms with van der Waals surface area (Å²) in [6, 6.07) is 3.10. The molecule has 0 bridgehead atoms. The Labute approximate surface area is 99.3 Å². The maximum atomic E-state index is 12.1. The van der Waals surface area contributed by atoms with Crippen molar-refractivity contribution in [3.8, 4) is 0 Å². The third-order valence-corrected chi connectivity index (χ3v) is 4.04. The van der Waals surface area contributed by atoms with Gasteiger partial charge in [0.1, 0.15) is 10.5 Å². The first-order chi connectivity index (χ1) is 8.04. The number of aromatic amines is 1. The van der Waals surface area contributed by atoms with Crippen LogP contribution in [0, 0.1) is 0 Å². The standard InChI is InChI=1S/C10H14N4O2S/c1-7(5-11)14-17(15,16)9-6-13-10-8(9)3-2-4-12-10/h2-4,6-7,14H,5,11H2,1H3,(H,12,13)/t7-/m1/s1. The average Bonchev–Trinajstić information content (AvgIpc) is 2.72. The number of hydrogen-bond acceptors (Lipinski definition) is 4. The summed E-state index contributed by atoms with van der Waals surface area (Å²) < 4.78 is 26.6. The Kier molecular flexibility index (Phi) is 3.14. The van der Waals surface area contributed by atoms with Gasteiger partial charge in [0.2, 0.25) is 10.0 Å². The fraction of sp³-hybridized carbons (Fsp3) is 0.300. The summed E-state index contributed by atoms with van der Waals surface area (Å²) in [4.78, 5) is 7.06. The second-order valence-electron chi connectivity index (χ2n) is 3.81. The number of rotatable bonds is 4. The van der Waals surface area contributed by atoms with E-state index in [1.54, 1.807) is 25.3 Å². The van der Waals surface area contributed by atoms with E-state index in [0.29, 0.717) is 11.0 Å². The van der Waals surface area contributed by atoms with Crippen molar-refractivity contribution in [2.75, 3.05) is 6.54 Å². The van der Waals surface area contributed by atoms with Gasteiger partial charge in [-0.1, -0.05) is 0 Å². The third-order valence-electron chi connectivity index (χ3n) is 2.41. The lowest BCUT2D eigenvalue weighted by Gasteiger charge is -2.10. The first-order valence-electron chi connectivity index (χ1n) is 5.19. The number of hydrogen-bond donors (Lipinski definition) is 3. The van der Waals surface area contributed by atoms with Crippen LogP contribution in [0.3, 0.4) is 0 Å². The molecule has 1 atom stereocenters. The van der Waals surface area contributed by atoms with Gasteiger partial charge in [0, 0.05) is 30.4 Å². The third kappa shape index (κ3) is 2.31. The van der Waals surface area contributed by atoms with Gasteiger partial charge in [-0.25, -0.2) is 18.1 Å². The molecule has 0 fully saturated rings. The Balaban J connectivity index is 2.46. The molecule has 0 unspecified atom stereocenters. The summed E-state index contributed by atoms with van der Waals surface area (Å²) >= 11 is 0. The fourth-order valence-corrected chi connectivity index (χ4v) is 2.95. The van der Waals surface area contributed by atoms with Gasteiger partial charge in [0.15, 0.2) is 0 Å². The molecule has 0 aliphatic rings. The van der Waals surface area contributed by atoms with E-state index in [9.17, 15) is 8.42 Å². The van der Waals surface area contributed by atoms with Gasteiger partial charge in [-0.05, 0) is 19.1 Å². The van der Waals surface area contributed by atoms with Crippen molar-refractivity contribution in [1.82, 2.24) is 14.7 Å². The van der Waals surface area contributed by atoms with Crippen LogP contribution in [0.25, 0.3) is 11.0 Å². The largest absolute Gasteiger partial charge is 0.345 e. The zero-order chi connectivity index (χ0) is 12.5. The summed E-state index contributed by atoms with van der Waals surface area (Å²) in [5, 5.41) is 0.573. The predicted molar refractivity (Wildman–Crippen MR) is 64.9 cm³/mol. The minimum absolute atomic E-state index is 0.195.